The number of aliphatic hydroxyl groups excluding tert-OH is 1. The quantitative estimate of drug-likeness (QED) is 0.0169. The topological polar surface area (TPSA) is 237 Å². The number of aliphatic hydroxyl groups is 1. The fourth-order valence-corrected chi connectivity index (χ4v) is 11.1. The fraction of sp³-hybridized carbons (Fsp3) is 0.733. The summed E-state index contributed by atoms with van der Waals surface area (Å²) in [6.07, 6.45) is 68.5. The lowest BCUT2D eigenvalue weighted by Gasteiger charge is -2.21. The van der Waals surface area contributed by atoms with Crippen molar-refractivity contribution in [3.63, 3.8) is 0 Å². The molecule has 0 rings (SSSR count). The van der Waals surface area contributed by atoms with E-state index in [4.69, 9.17) is 37.0 Å². The average Bonchev–Trinajstić information content (AvgIpc) is 1.23. The minimum Gasteiger partial charge on any atom is -0.462 e. The van der Waals surface area contributed by atoms with Gasteiger partial charge in [0.1, 0.15) is 19.3 Å². The first kappa shape index (κ1) is 90.0. The number of esters is 4. The van der Waals surface area contributed by atoms with Crippen LogP contribution < -0.4 is 0 Å². The summed E-state index contributed by atoms with van der Waals surface area (Å²) < 4.78 is 68.2. The van der Waals surface area contributed by atoms with Crippen LogP contribution in [0.2, 0.25) is 0 Å². The van der Waals surface area contributed by atoms with Crippen molar-refractivity contribution in [1.82, 2.24) is 0 Å². The Balaban J connectivity index is 5.35. The summed E-state index contributed by atoms with van der Waals surface area (Å²) in [6, 6.07) is 0. The van der Waals surface area contributed by atoms with Crippen molar-refractivity contribution in [3.8, 4) is 0 Å². The van der Waals surface area contributed by atoms with E-state index in [0.717, 1.165) is 161 Å². The zero-order valence-electron chi connectivity index (χ0n) is 58.9. The van der Waals surface area contributed by atoms with Crippen LogP contribution in [0.3, 0.4) is 0 Å². The number of unbranched alkanes of at least 4 members (excludes halogenated alkanes) is 26. The van der Waals surface area contributed by atoms with Gasteiger partial charge in [-0.3, -0.25) is 37.3 Å². The van der Waals surface area contributed by atoms with Crippen molar-refractivity contribution in [2.45, 2.75) is 316 Å². The van der Waals surface area contributed by atoms with Crippen LogP contribution in [0, 0.1) is 0 Å². The molecule has 19 heteroatoms. The molecule has 0 aliphatic rings. The Bertz CT molecular complexity index is 2170. The molecule has 0 heterocycles. The maximum Gasteiger partial charge on any atom is 0.472 e. The highest BCUT2D eigenvalue weighted by atomic mass is 31.2. The molecule has 0 aliphatic heterocycles. The predicted octanol–water partition coefficient (Wildman–Crippen LogP) is 20.4. The third kappa shape index (κ3) is 66.6. The van der Waals surface area contributed by atoms with Crippen LogP contribution in [0.4, 0.5) is 0 Å². The number of phosphoric acid groups is 2. The van der Waals surface area contributed by atoms with Crippen LogP contribution in [-0.4, -0.2) is 96.7 Å². The van der Waals surface area contributed by atoms with Gasteiger partial charge in [-0.2, -0.15) is 0 Å². The number of allylic oxidation sites excluding steroid dienone is 16. The van der Waals surface area contributed by atoms with Crippen LogP contribution in [0.5, 0.6) is 0 Å². The molecule has 0 saturated carbocycles. The molecular formula is C75H130O17P2. The molecule has 0 amide bonds. The second-order valence-corrected chi connectivity index (χ2v) is 27.0. The van der Waals surface area contributed by atoms with Gasteiger partial charge in [0.25, 0.3) is 0 Å². The lowest BCUT2D eigenvalue weighted by atomic mass is 10.1. The summed E-state index contributed by atoms with van der Waals surface area (Å²) in [5, 5.41) is 10.6. The maximum atomic E-state index is 13.0. The summed E-state index contributed by atoms with van der Waals surface area (Å²) in [5.74, 6) is -2.23. The monoisotopic (exact) mass is 1360 g/mol. The van der Waals surface area contributed by atoms with Gasteiger partial charge >= 0.3 is 39.5 Å². The highest BCUT2D eigenvalue weighted by molar-refractivity contribution is 7.47. The maximum absolute atomic E-state index is 13.0. The van der Waals surface area contributed by atoms with Gasteiger partial charge in [-0.05, 0) is 116 Å². The Morgan fingerprint density at radius 3 is 0.915 bits per heavy atom. The molecule has 0 aromatic carbocycles. The molecule has 542 valence electrons. The molecule has 94 heavy (non-hydrogen) atoms. The van der Waals surface area contributed by atoms with Gasteiger partial charge in [0, 0.05) is 25.7 Å². The molecule has 0 aromatic heterocycles. The Kier molecular flexibility index (Phi) is 64.7. The molecule has 0 saturated heterocycles. The summed E-state index contributed by atoms with van der Waals surface area (Å²) in [5.41, 5.74) is 0. The lowest BCUT2D eigenvalue weighted by Crippen LogP contribution is -2.30. The lowest BCUT2D eigenvalue weighted by molar-refractivity contribution is -0.161. The van der Waals surface area contributed by atoms with Gasteiger partial charge in [0.05, 0.1) is 26.4 Å². The average molecular weight is 1370 g/mol. The fourth-order valence-electron chi connectivity index (χ4n) is 9.50. The molecule has 0 aromatic rings. The highest BCUT2D eigenvalue weighted by Crippen LogP contribution is 2.45. The summed E-state index contributed by atoms with van der Waals surface area (Å²) in [4.78, 5) is 72.6. The predicted molar refractivity (Wildman–Crippen MR) is 381 cm³/mol. The summed E-state index contributed by atoms with van der Waals surface area (Å²) in [6.45, 7) is 4.53. The van der Waals surface area contributed by atoms with Crippen LogP contribution in [-0.2, 0) is 65.4 Å². The molecule has 17 nitrogen and oxygen atoms in total. The van der Waals surface area contributed by atoms with E-state index in [2.05, 4.69) is 125 Å². The Labute approximate surface area is 569 Å². The number of ether oxygens (including phenoxy) is 4. The van der Waals surface area contributed by atoms with Gasteiger partial charge in [0.2, 0.25) is 0 Å². The smallest absolute Gasteiger partial charge is 0.462 e. The van der Waals surface area contributed by atoms with Crippen molar-refractivity contribution in [2.75, 3.05) is 39.6 Å². The van der Waals surface area contributed by atoms with Crippen LogP contribution in [0.25, 0.3) is 0 Å². The largest absolute Gasteiger partial charge is 0.472 e. The third-order valence-electron chi connectivity index (χ3n) is 15.0. The van der Waals surface area contributed by atoms with Crippen LogP contribution >= 0.6 is 15.6 Å². The molecule has 0 aliphatic carbocycles. The van der Waals surface area contributed by atoms with E-state index >= 15 is 0 Å². The molecule has 0 fully saturated rings. The molecule has 0 spiro atoms. The highest BCUT2D eigenvalue weighted by Gasteiger charge is 2.30. The van der Waals surface area contributed by atoms with E-state index < -0.39 is 97.5 Å². The number of hydrogen-bond donors (Lipinski definition) is 3. The van der Waals surface area contributed by atoms with E-state index in [1.807, 2.05) is 0 Å². The van der Waals surface area contributed by atoms with Crippen molar-refractivity contribution >= 4 is 39.5 Å². The number of hydrogen-bond acceptors (Lipinski definition) is 15. The number of carbonyl (C=O) groups excluding carboxylic acids is 4. The minimum atomic E-state index is -4.98. The van der Waals surface area contributed by atoms with E-state index in [9.17, 15) is 43.2 Å². The standard InChI is InChI=1S/C75H130O17P2/c1-5-9-13-17-21-25-29-31-33-34-36-37-41-44-48-52-56-60-73(78)86-66-71(92-75(80)62-58-54-50-46-42-38-35-32-30-26-22-18-14-10-6-2)68-90-94(83,84)88-64-69(76)63-87-93(81,82)89-67-70(91-74(79)61-57-53-49-45-40-28-24-20-16-12-8-4)65-85-72(77)59-55-51-47-43-39-27-23-19-15-11-7-3/h9-10,13-14,19,21-23,25-26,31-33,35,42,46,69-71,76H,5-8,11-12,15-18,20,24,27-30,34,36-41,43-45,47-68H2,1-4H3,(H,81,82)(H,83,84)/b13-9-,14-10-,23-19-,25-21-,26-22-,33-31-,35-32-,46-42-. The molecular weight excluding hydrogens is 1230 g/mol. The zero-order chi connectivity index (χ0) is 69.0. The molecule has 5 unspecified atom stereocenters. The second kappa shape index (κ2) is 67.5. The molecule has 3 N–H and O–H groups in total. The van der Waals surface area contributed by atoms with Gasteiger partial charge in [0.15, 0.2) is 12.2 Å². The second-order valence-electron chi connectivity index (χ2n) is 24.1. The SMILES string of the molecule is CC/C=C\C/C=C\C/C=C\C/C=C\CCCCC(=O)OC(COC(=O)CCCCCCCCC/C=C\C/C=C\C/C=C\CC)COP(=O)(O)OCC(O)COP(=O)(O)OCC(COC(=O)CCCCCCC/C=C\CCCC)OC(=O)CCCCCCCCCCCCC. The number of carbonyl (C=O) groups is 4. The molecule has 0 radical (unpaired) electrons. The van der Waals surface area contributed by atoms with Crippen molar-refractivity contribution in [1.29, 1.82) is 0 Å². The number of rotatable bonds is 68. The Morgan fingerprint density at radius 2 is 0.564 bits per heavy atom. The molecule has 5 atom stereocenters. The Hall–Kier alpha value is -4.02. The van der Waals surface area contributed by atoms with Gasteiger partial charge < -0.3 is 33.8 Å². The summed E-state index contributed by atoms with van der Waals surface area (Å²) in [7, 11) is -9.95. The first-order chi connectivity index (χ1) is 45.7. The van der Waals surface area contributed by atoms with Crippen molar-refractivity contribution in [2.24, 2.45) is 0 Å². The van der Waals surface area contributed by atoms with Crippen molar-refractivity contribution in [3.05, 3.63) is 97.2 Å². The molecule has 0 bridgehead atoms. The van der Waals surface area contributed by atoms with E-state index in [0.29, 0.717) is 32.1 Å². The van der Waals surface area contributed by atoms with E-state index in [1.165, 1.54) is 51.4 Å². The Morgan fingerprint density at radius 1 is 0.309 bits per heavy atom. The zero-order valence-corrected chi connectivity index (χ0v) is 60.7. The first-order valence-corrected chi connectivity index (χ1v) is 39.5. The number of phosphoric ester groups is 2. The van der Waals surface area contributed by atoms with Gasteiger partial charge in [-0.25, -0.2) is 9.13 Å². The summed E-state index contributed by atoms with van der Waals surface area (Å²) >= 11 is 0. The minimum absolute atomic E-state index is 0.0402. The van der Waals surface area contributed by atoms with Gasteiger partial charge in [-0.1, -0.05) is 253 Å². The van der Waals surface area contributed by atoms with Crippen LogP contribution in [0.15, 0.2) is 97.2 Å². The normalized spacial score (nSPS) is 14.6. The van der Waals surface area contributed by atoms with Crippen LogP contribution in [0.1, 0.15) is 297 Å². The van der Waals surface area contributed by atoms with Gasteiger partial charge in [-0.15, -0.1) is 0 Å². The van der Waals surface area contributed by atoms with E-state index in [1.54, 1.807) is 0 Å². The third-order valence-corrected chi connectivity index (χ3v) is 16.9. The first-order valence-electron chi connectivity index (χ1n) is 36.5. The van der Waals surface area contributed by atoms with Crippen molar-refractivity contribution < 1.29 is 80.2 Å². The van der Waals surface area contributed by atoms with E-state index in [-0.39, 0.29) is 25.7 Å².